The van der Waals surface area contributed by atoms with Crippen LogP contribution < -0.4 is 9.62 Å². The third kappa shape index (κ3) is 5.53. The SMILES string of the molecule is CCC[C@H](C)NC(=O)CN(c1ccc(C)cc1)S(=O)(=O)c1ccc(F)cc1. The van der Waals surface area contributed by atoms with Gasteiger partial charge in [0.15, 0.2) is 0 Å². The fourth-order valence-corrected chi connectivity index (χ4v) is 4.14. The van der Waals surface area contributed by atoms with E-state index in [0.717, 1.165) is 34.8 Å². The smallest absolute Gasteiger partial charge is 0.264 e. The van der Waals surface area contributed by atoms with Gasteiger partial charge in [-0.3, -0.25) is 9.10 Å². The molecule has 2 rings (SSSR count). The lowest BCUT2D eigenvalue weighted by Gasteiger charge is -2.25. The van der Waals surface area contributed by atoms with Gasteiger partial charge in [0.1, 0.15) is 12.4 Å². The third-order valence-corrected chi connectivity index (χ3v) is 5.93. The maximum atomic E-state index is 13.2. The Kier molecular flexibility index (Phi) is 6.96. The number of amides is 1. The lowest BCUT2D eigenvalue weighted by molar-refractivity contribution is -0.120. The molecular formula is C20H25FN2O3S. The van der Waals surface area contributed by atoms with Crippen molar-refractivity contribution in [2.24, 2.45) is 0 Å². The van der Waals surface area contributed by atoms with Crippen molar-refractivity contribution in [3.63, 3.8) is 0 Å². The van der Waals surface area contributed by atoms with Gasteiger partial charge in [0, 0.05) is 6.04 Å². The second-order valence-electron chi connectivity index (χ2n) is 6.56. The molecule has 27 heavy (non-hydrogen) atoms. The number of aryl methyl sites for hydroxylation is 1. The normalized spacial score (nSPS) is 12.4. The molecular weight excluding hydrogens is 367 g/mol. The van der Waals surface area contributed by atoms with Crippen LogP contribution in [-0.2, 0) is 14.8 Å². The van der Waals surface area contributed by atoms with Crippen LogP contribution in [-0.4, -0.2) is 26.9 Å². The number of rotatable bonds is 8. The summed E-state index contributed by atoms with van der Waals surface area (Å²) in [4.78, 5) is 12.4. The molecule has 0 unspecified atom stereocenters. The number of halogens is 1. The van der Waals surface area contributed by atoms with Gasteiger partial charge in [-0.25, -0.2) is 12.8 Å². The lowest BCUT2D eigenvalue weighted by Crippen LogP contribution is -2.43. The van der Waals surface area contributed by atoms with E-state index in [9.17, 15) is 17.6 Å². The second kappa shape index (κ2) is 8.99. The minimum Gasteiger partial charge on any atom is -0.352 e. The Balaban J connectivity index is 2.36. The zero-order valence-corrected chi connectivity index (χ0v) is 16.6. The van der Waals surface area contributed by atoms with Crippen LogP contribution in [0.3, 0.4) is 0 Å². The molecule has 5 nitrogen and oxygen atoms in total. The van der Waals surface area contributed by atoms with Crippen LogP contribution in [0.4, 0.5) is 10.1 Å². The summed E-state index contributed by atoms with van der Waals surface area (Å²) < 4.78 is 40.4. The first kappa shape index (κ1) is 20.9. The lowest BCUT2D eigenvalue weighted by atomic mass is 10.2. The molecule has 0 spiro atoms. The molecule has 0 radical (unpaired) electrons. The van der Waals surface area contributed by atoms with E-state index < -0.39 is 15.8 Å². The highest BCUT2D eigenvalue weighted by atomic mass is 32.2. The number of carbonyl (C=O) groups is 1. The number of nitrogens with one attached hydrogen (secondary N) is 1. The Bertz CT molecular complexity index is 865. The number of sulfonamides is 1. The van der Waals surface area contributed by atoms with Crippen molar-refractivity contribution in [2.75, 3.05) is 10.8 Å². The Labute approximate surface area is 160 Å². The van der Waals surface area contributed by atoms with Crippen molar-refractivity contribution in [2.45, 2.75) is 44.6 Å². The van der Waals surface area contributed by atoms with E-state index in [-0.39, 0.29) is 23.4 Å². The number of nitrogens with zero attached hydrogens (tertiary/aromatic N) is 1. The average Bonchev–Trinajstić information content (AvgIpc) is 2.61. The molecule has 0 saturated heterocycles. The summed E-state index contributed by atoms with van der Waals surface area (Å²) in [6.07, 6.45) is 1.72. The summed E-state index contributed by atoms with van der Waals surface area (Å²) in [6.45, 7) is 5.44. The quantitative estimate of drug-likeness (QED) is 0.746. The molecule has 0 aliphatic heterocycles. The number of anilines is 1. The molecule has 0 heterocycles. The van der Waals surface area contributed by atoms with Gasteiger partial charge in [-0.1, -0.05) is 31.0 Å². The Hall–Kier alpha value is -2.41. The van der Waals surface area contributed by atoms with Crippen molar-refractivity contribution >= 4 is 21.6 Å². The first-order valence-corrected chi connectivity index (χ1v) is 10.3. The molecule has 0 aliphatic rings. The first-order valence-electron chi connectivity index (χ1n) is 8.88. The monoisotopic (exact) mass is 392 g/mol. The zero-order chi connectivity index (χ0) is 20.0. The van der Waals surface area contributed by atoms with Crippen molar-refractivity contribution in [1.29, 1.82) is 0 Å². The van der Waals surface area contributed by atoms with Crippen molar-refractivity contribution in [1.82, 2.24) is 5.32 Å². The van der Waals surface area contributed by atoms with Gasteiger partial charge in [0.2, 0.25) is 5.91 Å². The Morgan fingerprint density at radius 1 is 1.11 bits per heavy atom. The molecule has 0 fully saturated rings. The topological polar surface area (TPSA) is 66.5 Å². The van der Waals surface area contributed by atoms with Crippen molar-refractivity contribution < 1.29 is 17.6 Å². The molecule has 1 amide bonds. The van der Waals surface area contributed by atoms with Crippen molar-refractivity contribution in [3.8, 4) is 0 Å². The van der Waals surface area contributed by atoms with E-state index in [2.05, 4.69) is 5.32 Å². The van der Waals surface area contributed by atoms with Crippen LogP contribution >= 0.6 is 0 Å². The molecule has 0 aromatic heterocycles. The van der Waals surface area contributed by atoms with Crippen LogP contribution in [0.5, 0.6) is 0 Å². The molecule has 146 valence electrons. The zero-order valence-electron chi connectivity index (χ0n) is 15.8. The Morgan fingerprint density at radius 2 is 1.70 bits per heavy atom. The van der Waals surface area contributed by atoms with Crippen LogP contribution in [0.15, 0.2) is 53.4 Å². The molecule has 1 N–H and O–H groups in total. The highest BCUT2D eigenvalue weighted by molar-refractivity contribution is 7.92. The summed E-state index contributed by atoms with van der Waals surface area (Å²) in [5.41, 5.74) is 1.35. The van der Waals surface area contributed by atoms with E-state index in [1.807, 2.05) is 20.8 Å². The summed E-state index contributed by atoms with van der Waals surface area (Å²) in [7, 11) is -4.02. The van der Waals surface area contributed by atoms with Gasteiger partial charge in [-0.2, -0.15) is 0 Å². The van der Waals surface area contributed by atoms with E-state index in [1.54, 1.807) is 24.3 Å². The number of carbonyl (C=O) groups excluding carboxylic acids is 1. The largest absolute Gasteiger partial charge is 0.352 e. The summed E-state index contributed by atoms with van der Waals surface area (Å²) in [5, 5.41) is 2.82. The van der Waals surface area contributed by atoms with E-state index in [0.29, 0.717) is 5.69 Å². The first-order chi connectivity index (χ1) is 12.7. The second-order valence-corrected chi connectivity index (χ2v) is 8.42. The molecule has 1 atom stereocenters. The predicted octanol–water partition coefficient (Wildman–Crippen LogP) is 3.63. The van der Waals surface area contributed by atoms with Crippen LogP contribution in [0.2, 0.25) is 0 Å². The summed E-state index contributed by atoms with van der Waals surface area (Å²) >= 11 is 0. The van der Waals surface area contributed by atoms with Gasteiger partial charge in [-0.15, -0.1) is 0 Å². The van der Waals surface area contributed by atoms with Gasteiger partial charge < -0.3 is 5.32 Å². The summed E-state index contributed by atoms with van der Waals surface area (Å²) in [6, 6.07) is 11.4. The highest BCUT2D eigenvalue weighted by Crippen LogP contribution is 2.24. The molecule has 0 bridgehead atoms. The van der Waals surface area contributed by atoms with E-state index in [4.69, 9.17) is 0 Å². The van der Waals surface area contributed by atoms with Crippen LogP contribution in [0.25, 0.3) is 0 Å². The maximum Gasteiger partial charge on any atom is 0.264 e. The third-order valence-electron chi connectivity index (χ3n) is 4.14. The molecule has 0 aliphatic carbocycles. The van der Waals surface area contributed by atoms with Crippen LogP contribution in [0, 0.1) is 12.7 Å². The highest BCUT2D eigenvalue weighted by Gasteiger charge is 2.27. The van der Waals surface area contributed by atoms with Gasteiger partial charge in [0.25, 0.3) is 10.0 Å². The van der Waals surface area contributed by atoms with E-state index in [1.165, 1.54) is 12.1 Å². The van der Waals surface area contributed by atoms with Gasteiger partial charge in [0.05, 0.1) is 10.6 Å². The maximum absolute atomic E-state index is 13.2. The van der Waals surface area contributed by atoms with Crippen LogP contribution in [0.1, 0.15) is 32.3 Å². The molecule has 0 saturated carbocycles. The standard InChI is InChI=1S/C20H25FN2O3S/c1-4-5-16(3)22-20(24)14-23(18-10-6-15(2)7-11-18)27(25,26)19-12-8-17(21)9-13-19/h6-13,16H,4-5,14H2,1-3H3,(H,22,24)/t16-/m0/s1. The Morgan fingerprint density at radius 3 is 2.26 bits per heavy atom. The predicted molar refractivity (Wildman–Crippen MR) is 105 cm³/mol. The summed E-state index contributed by atoms with van der Waals surface area (Å²) in [5.74, 6) is -0.913. The molecule has 7 heteroatoms. The minimum atomic E-state index is -4.02. The van der Waals surface area contributed by atoms with Crippen molar-refractivity contribution in [3.05, 3.63) is 59.9 Å². The average molecular weight is 392 g/mol. The number of benzene rings is 2. The minimum absolute atomic E-state index is 0.0455. The fourth-order valence-electron chi connectivity index (χ4n) is 2.72. The number of hydrogen-bond donors (Lipinski definition) is 1. The molecule has 2 aromatic carbocycles. The van der Waals surface area contributed by atoms with E-state index >= 15 is 0 Å². The molecule has 2 aromatic rings. The van der Waals surface area contributed by atoms with Gasteiger partial charge in [-0.05, 0) is 56.7 Å². The van der Waals surface area contributed by atoms with Gasteiger partial charge >= 0.3 is 0 Å². The number of hydrogen-bond acceptors (Lipinski definition) is 3. The fraction of sp³-hybridized carbons (Fsp3) is 0.350.